The first-order chi connectivity index (χ1) is 17.3. The Balaban J connectivity index is 1.47. The first kappa shape index (κ1) is 24.7. The van der Waals surface area contributed by atoms with Crippen LogP contribution >= 0.6 is 0 Å². The number of hydrogen-bond donors (Lipinski definition) is 2. The van der Waals surface area contributed by atoms with Crippen molar-refractivity contribution in [1.29, 1.82) is 0 Å². The zero-order chi connectivity index (χ0) is 25.5. The molecule has 0 aliphatic carbocycles. The van der Waals surface area contributed by atoms with E-state index in [1.807, 2.05) is 0 Å². The molecule has 0 unspecified atom stereocenters. The Labute approximate surface area is 208 Å². The van der Waals surface area contributed by atoms with E-state index in [0.717, 1.165) is 4.47 Å². The van der Waals surface area contributed by atoms with Gasteiger partial charge in [-0.2, -0.15) is 8.42 Å². The molecule has 11 heteroatoms. The molecule has 10 nitrogen and oxygen atoms in total. The van der Waals surface area contributed by atoms with E-state index in [1.54, 1.807) is 60.7 Å². The van der Waals surface area contributed by atoms with Crippen LogP contribution in [-0.2, 0) is 19.6 Å². The molecule has 1 fully saturated rings. The van der Waals surface area contributed by atoms with Crippen LogP contribution in [0.15, 0.2) is 89.8 Å². The van der Waals surface area contributed by atoms with Crippen LogP contribution < -0.4 is 19.9 Å². The van der Waals surface area contributed by atoms with Gasteiger partial charge in [-0.05, 0) is 48.5 Å². The molecule has 3 aromatic rings. The van der Waals surface area contributed by atoms with Crippen LogP contribution in [0.2, 0.25) is 0 Å². The molecule has 1 saturated heterocycles. The van der Waals surface area contributed by atoms with Crippen molar-refractivity contribution in [1.82, 2.24) is 15.5 Å². The van der Waals surface area contributed by atoms with E-state index in [2.05, 4.69) is 10.6 Å². The van der Waals surface area contributed by atoms with Gasteiger partial charge in [0, 0.05) is 18.7 Å². The van der Waals surface area contributed by atoms with Gasteiger partial charge in [0.05, 0.1) is 23.7 Å². The van der Waals surface area contributed by atoms with Crippen LogP contribution in [0, 0.1) is 0 Å². The van der Waals surface area contributed by atoms with Crippen LogP contribution in [0.3, 0.4) is 0 Å². The van der Waals surface area contributed by atoms with Gasteiger partial charge in [0.2, 0.25) is 11.8 Å². The van der Waals surface area contributed by atoms with Gasteiger partial charge in [0.25, 0.3) is 15.9 Å². The van der Waals surface area contributed by atoms with Crippen LogP contribution in [-0.4, -0.2) is 57.2 Å². The van der Waals surface area contributed by atoms with E-state index < -0.39 is 15.9 Å². The Morgan fingerprint density at radius 2 is 1.58 bits per heavy atom. The summed E-state index contributed by atoms with van der Waals surface area (Å²) >= 11 is 0. The highest BCUT2D eigenvalue weighted by atomic mass is 32.2. The standard InChI is InChI=1S/C25H24N4O6S/c30-23-18-28(16-15-26-23)24(31)17-27-25(32)19-11-13-22(14-12-19)36(33,34)29(20-7-3-1-4-8-20)35-21-9-5-2-6-10-21/h1-14H,15-18H2,(H,26,30)(H,27,32). The zero-order valence-corrected chi connectivity index (χ0v) is 20.0. The number of anilines is 1. The molecule has 3 amide bonds. The predicted octanol–water partition coefficient (Wildman–Crippen LogP) is 1.56. The fraction of sp³-hybridized carbons (Fsp3) is 0.160. The molecule has 0 bridgehead atoms. The lowest BCUT2D eigenvalue weighted by Crippen LogP contribution is -2.52. The number of nitrogens with zero attached hydrogens (tertiary/aromatic N) is 2. The molecule has 2 N–H and O–H groups in total. The summed E-state index contributed by atoms with van der Waals surface area (Å²) in [5.74, 6) is -0.849. The Kier molecular flexibility index (Phi) is 7.50. The molecule has 1 heterocycles. The lowest BCUT2D eigenvalue weighted by Gasteiger charge is -2.26. The average molecular weight is 509 g/mol. The molecule has 1 aliphatic rings. The van der Waals surface area contributed by atoms with Gasteiger partial charge in [-0.15, -0.1) is 0 Å². The Bertz CT molecular complexity index is 1330. The fourth-order valence-electron chi connectivity index (χ4n) is 3.46. The number of para-hydroxylation sites is 2. The molecule has 4 rings (SSSR count). The second kappa shape index (κ2) is 10.9. The smallest absolute Gasteiger partial charge is 0.295 e. The maximum absolute atomic E-state index is 13.5. The lowest BCUT2D eigenvalue weighted by molar-refractivity contribution is -0.137. The van der Waals surface area contributed by atoms with Crippen LogP contribution in [0.5, 0.6) is 5.75 Å². The molecule has 186 valence electrons. The summed E-state index contributed by atoms with van der Waals surface area (Å²) in [6, 6.07) is 22.2. The molecule has 0 spiro atoms. The summed E-state index contributed by atoms with van der Waals surface area (Å²) in [5, 5.41) is 5.13. The molecule has 0 aromatic heterocycles. The molecule has 36 heavy (non-hydrogen) atoms. The van der Waals surface area contributed by atoms with Crippen molar-refractivity contribution < 1.29 is 27.6 Å². The van der Waals surface area contributed by atoms with Crippen molar-refractivity contribution in [3.8, 4) is 5.75 Å². The SMILES string of the molecule is O=C1CN(C(=O)CNC(=O)c2ccc(S(=O)(=O)N(Oc3ccccc3)c3ccccc3)cc2)CCN1. The van der Waals surface area contributed by atoms with Gasteiger partial charge in [0.15, 0.2) is 5.75 Å². The van der Waals surface area contributed by atoms with Crippen molar-refractivity contribution >= 4 is 33.4 Å². The third kappa shape index (κ3) is 5.81. The fourth-order valence-corrected chi connectivity index (χ4v) is 4.72. The second-order valence-corrected chi connectivity index (χ2v) is 9.60. The molecule has 0 atom stereocenters. The monoisotopic (exact) mass is 508 g/mol. The number of nitrogens with one attached hydrogen (secondary N) is 2. The van der Waals surface area contributed by atoms with Crippen molar-refractivity contribution in [2.24, 2.45) is 0 Å². The maximum Gasteiger partial charge on any atom is 0.295 e. The van der Waals surface area contributed by atoms with Gasteiger partial charge in [-0.3, -0.25) is 14.4 Å². The largest absolute Gasteiger partial charge is 0.364 e. The quantitative estimate of drug-likeness (QED) is 0.445. The summed E-state index contributed by atoms with van der Waals surface area (Å²) in [7, 11) is -4.16. The number of piperazine rings is 1. The Morgan fingerprint density at radius 1 is 0.944 bits per heavy atom. The third-order valence-electron chi connectivity index (χ3n) is 5.32. The first-order valence-corrected chi connectivity index (χ1v) is 12.5. The topological polar surface area (TPSA) is 125 Å². The molecular weight excluding hydrogens is 484 g/mol. The minimum atomic E-state index is -4.16. The van der Waals surface area contributed by atoms with Crippen molar-refractivity contribution in [3.05, 3.63) is 90.5 Å². The van der Waals surface area contributed by atoms with Gasteiger partial charge >= 0.3 is 0 Å². The Hall–Kier alpha value is -4.38. The van der Waals surface area contributed by atoms with Crippen LogP contribution in [0.1, 0.15) is 10.4 Å². The number of carbonyl (C=O) groups excluding carboxylic acids is 3. The minimum absolute atomic E-state index is 0.0514. The Morgan fingerprint density at radius 3 is 2.22 bits per heavy atom. The van der Waals surface area contributed by atoms with Gasteiger partial charge < -0.3 is 20.4 Å². The first-order valence-electron chi connectivity index (χ1n) is 11.1. The van der Waals surface area contributed by atoms with E-state index >= 15 is 0 Å². The van der Waals surface area contributed by atoms with Gasteiger partial charge in [0.1, 0.15) is 0 Å². The predicted molar refractivity (Wildman–Crippen MR) is 132 cm³/mol. The number of hydrogen-bond acceptors (Lipinski definition) is 6. The van der Waals surface area contributed by atoms with Crippen LogP contribution in [0.4, 0.5) is 5.69 Å². The zero-order valence-electron chi connectivity index (χ0n) is 19.2. The van der Waals surface area contributed by atoms with Crippen LogP contribution in [0.25, 0.3) is 0 Å². The highest BCUT2D eigenvalue weighted by Crippen LogP contribution is 2.26. The molecule has 0 radical (unpaired) electrons. The van der Waals surface area contributed by atoms with E-state index in [9.17, 15) is 22.8 Å². The van der Waals surface area contributed by atoms with Crippen molar-refractivity contribution in [3.63, 3.8) is 0 Å². The summed E-state index contributed by atoms with van der Waals surface area (Å²) < 4.78 is 27.7. The summed E-state index contributed by atoms with van der Waals surface area (Å²) in [6.45, 7) is 0.404. The molecular formula is C25H24N4O6S. The number of sulfonamides is 1. The van der Waals surface area contributed by atoms with E-state index in [-0.39, 0.29) is 35.4 Å². The summed E-state index contributed by atoms with van der Waals surface area (Å²) in [5.41, 5.74) is 0.474. The van der Waals surface area contributed by atoms with Gasteiger partial charge in [-0.1, -0.05) is 40.9 Å². The van der Waals surface area contributed by atoms with Crippen molar-refractivity contribution in [2.75, 3.05) is 30.6 Å². The molecule has 3 aromatic carbocycles. The average Bonchev–Trinajstić information content (AvgIpc) is 2.91. The van der Waals surface area contributed by atoms with Crippen molar-refractivity contribution in [2.45, 2.75) is 4.90 Å². The normalized spacial score (nSPS) is 13.4. The summed E-state index contributed by atoms with van der Waals surface area (Å²) in [4.78, 5) is 43.2. The molecule has 0 saturated carbocycles. The number of amides is 3. The van der Waals surface area contributed by atoms with E-state index in [0.29, 0.717) is 24.5 Å². The summed E-state index contributed by atoms with van der Waals surface area (Å²) in [6.07, 6.45) is 0. The second-order valence-electron chi connectivity index (χ2n) is 7.84. The number of rotatable bonds is 8. The highest BCUT2D eigenvalue weighted by molar-refractivity contribution is 7.92. The highest BCUT2D eigenvalue weighted by Gasteiger charge is 2.28. The molecule has 1 aliphatic heterocycles. The maximum atomic E-state index is 13.5. The number of benzene rings is 3. The minimum Gasteiger partial charge on any atom is -0.364 e. The number of carbonyl (C=O) groups is 3. The third-order valence-corrected chi connectivity index (χ3v) is 6.91. The lowest BCUT2D eigenvalue weighted by atomic mass is 10.2. The van der Waals surface area contributed by atoms with E-state index in [4.69, 9.17) is 4.84 Å². The van der Waals surface area contributed by atoms with E-state index in [1.165, 1.54) is 29.2 Å². The van der Waals surface area contributed by atoms with Gasteiger partial charge in [-0.25, -0.2) is 0 Å².